The van der Waals surface area contributed by atoms with Gasteiger partial charge >= 0.3 is 0 Å². The van der Waals surface area contributed by atoms with E-state index >= 15 is 0 Å². The van der Waals surface area contributed by atoms with E-state index in [2.05, 4.69) is 199 Å². The number of benzene rings is 8. The molecule has 0 N–H and O–H groups in total. The zero-order chi connectivity index (χ0) is 34.6. The van der Waals surface area contributed by atoms with Gasteiger partial charge in [0.1, 0.15) is 0 Å². The lowest BCUT2D eigenvalue weighted by molar-refractivity contribution is 0.590. The van der Waals surface area contributed by atoms with Crippen LogP contribution in [0.3, 0.4) is 0 Å². The Bertz CT molecular complexity index is 2510. The van der Waals surface area contributed by atoms with Gasteiger partial charge in [0.05, 0.1) is 0 Å². The minimum absolute atomic E-state index is 0.132. The summed E-state index contributed by atoms with van der Waals surface area (Å²) < 4.78 is 0. The highest BCUT2D eigenvalue weighted by molar-refractivity contribution is 6.12. The Hall–Kier alpha value is -5.46. The number of hydrogen-bond donors (Lipinski definition) is 0. The lowest BCUT2D eigenvalue weighted by Crippen LogP contribution is -2.10. The van der Waals surface area contributed by atoms with Gasteiger partial charge in [-0.05, 0) is 111 Å². The number of hydrogen-bond acceptors (Lipinski definition) is 0. The van der Waals surface area contributed by atoms with Crippen molar-refractivity contribution in [3.8, 4) is 44.5 Å². The van der Waals surface area contributed by atoms with Crippen molar-refractivity contribution in [3.63, 3.8) is 0 Å². The van der Waals surface area contributed by atoms with Gasteiger partial charge in [-0.25, -0.2) is 0 Å². The quantitative estimate of drug-likeness (QED) is 0.179. The average molecular weight is 645 g/mol. The summed E-state index contributed by atoms with van der Waals surface area (Å²) in [6.07, 6.45) is 0. The minimum atomic E-state index is 0.132. The molecule has 0 saturated carbocycles. The van der Waals surface area contributed by atoms with E-state index in [1.165, 1.54) is 88.0 Å². The van der Waals surface area contributed by atoms with Gasteiger partial charge < -0.3 is 0 Å². The highest BCUT2D eigenvalue weighted by atomic mass is 14.2. The van der Waals surface area contributed by atoms with Gasteiger partial charge in [-0.15, -0.1) is 0 Å². The van der Waals surface area contributed by atoms with E-state index in [4.69, 9.17) is 0 Å². The summed E-state index contributed by atoms with van der Waals surface area (Å²) in [5.74, 6) is 0. The highest BCUT2D eigenvalue weighted by Gasteiger charge is 2.17. The average Bonchev–Trinajstić information content (AvgIpc) is 3.13. The summed E-state index contributed by atoms with van der Waals surface area (Å²) in [5.41, 5.74) is 13.0. The van der Waals surface area contributed by atoms with E-state index in [0.29, 0.717) is 0 Å². The first-order valence-electron chi connectivity index (χ1n) is 17.8. The predicted octanol–water partition coefficient (Wildman–Crippen LogP) is 14.4. The van der Waals surface area contributed by atoms with Crippen molar-refractivity contribution in [1.29, 1.82) is 0 Å². The zero-order valence-corrected chi connectivity index (χ0v) is 30.0. The number of fused-ring (bicyclic) bond motifs is 3. The molecular formula is C50H44. The molecule has 0 amide bonds. The largest absolute Gasteiger partial charge is 0.0616 e. The molecule has 0 heteroatoms. The molecule has 244 valence electrons. The van der Waals surface area contributed by atoms with Crippen molar-refractivity contribution >= 4 is 32.3 Å². The van der Waals surface area contributed by atoms with E-state index in [9.17, 15) is 0 Å². The van der Waals surface area contributed by atoms with E-state index in [-0.39, 0.29) is 10.8 Å². The van der Waals surface area contributed by atoms with Crippen LogP contribution >= 0.6 is 0 Å². The SMILES string of the molecule is CC(C)(C)c1ccc(-c2ccc3cc(-c4ccc(-c5ccc(-c6ccc(C(C)(C)C)cc6)c6ccccc56)c5ccccc45)ccc3c2)cc1. The summed E-state index contributed by atoms with van der Waals surface area (Å²) >= 11 is 0. The van der Waals surface area contributed by atoms with Crippen molar-refractivity contribution in [2.24, 2.45) is 0 Å². The topological polar surface area (TPSA) is 0 Å². The molecule has 0 spiro atoms. The molecule has 0 aliphatic rings. The Morgan fingerprint density at radius 3 is 1.08 bits per heavy atom. The van der Waals surface area contributed by atoms with Crippen molar-refractivity contribution in [1.82, 2.24) is 0 Å². The van der Waals surface area contributed by atoms with Crippen LogP contribution < -0.4 is 0 Å². The standard InChI is InChI=1S/C50H44/c1-49(2,3)39-23-19-33(20-24-39)35-15-16-37-32-38(18-17-36(37)31-35)42-28-30-48(46-14-10-8-12-44(42)46)47-29-27-41(43-11-7-9-13-45(43)47)34-21-25-40(26-22-34)50(4,5)6/h7-32H,1-6H3. The molecule has 50 heavy (non-hydrogen) atoms. The smallest absolute Gasteiger partial charge is 0.00987 e. The third-order valence-electron chi connectivity index (χ3n) is 10.4. The van der Waals surface area contributed by atoms with Crippen LogP contribution in [-0.4, -0.2) is 0 Å². The fourth-order valence-corrected chi connectivity index (χ4v) is 7.48. The molecule has 0 fully saturated rings. The molecule has 0 aliphatic heterocycles. The van der Waals surface area contributed by atoms with Crippen LogP contribution in [0.4, 0.5) is 0 Å². The van der Waals surface area contributed by atoms with Crippen LogP contribution in [0, 0.1) is 0 Å². The van der Waals surface area contributed by atoms with E-state index in [1.807, 2.05) is 0 Å². The maximum absolute atomic E-state index is 2.35. The van der Waals surface area contributed by atoms with Gasteiger partial charge in [0.25, 0.3) is 0 Å². The maximum Gasteiger partial charge on any atom is -0.00987 e. The van der Waals surface area contributed by atoms with E-state index in [1.54, 1.807) is 0 Å². The van der Waals surface area contributed by atoms with Crippen molar-refractivity contribution in [2.75, 3.05) is 0 Å². The van der Waals surface area contributed by atoms with Gasteiger partial charge in [0, 0.05) is 0 Å². The summed E-state index contributed by atoms with van der Waals surface area (Å²) in [6, 6.07) is 58.9. The summed E-state index contributed by atoms with van der Waals surface area (Å²) in [7, 11) is 0. The van der Waals surface area contributed by atoms with Gasteiger partial charge in [-0.2, -0.15) is 0 Å². The van der Waals surface area contributed by atoms with Crippen LogP contribution in [0.15, 0.2) is 158 Å². The van der Waals surface area contributed by atoms with Crippen molar-refractivity contribution in [3.05, 3.63) is 169 Å². The summed E-state index contributed by atoms with van der Waals surface area (Å²) in [6.45, 7) is 13.6. The minimum Gasteiger partial charge on any atom is -0.0616 e. The fourth-order valence-electron chi connectivity index (χ4n) is 7.48. The predicted molar refractivity (Wildman–Crippen MR) is 218 cm³/mol. The Morgan fingerprint density at radius 1 is 0.280 bits per heavy atom. The molecule has 0 aliphatic carbocycles. The normalized spacial score (nSPS) is 12.2. The van der Waals surface area contributed by atoms with E-state index in [0.717, 1.165) is 0 Å². The van der Waals surface area contributed by atoms with Gasteiger partial charge in [-0.1, -0.05) is 187 Å². The second-order valence-corrected chi connectivity index (χ2v) is 15.8. The second kappa shape index (κ2) is 12.1. The van der Waals surface area contributed by atoms with Gasteiger partial charge in [-0.3, -0.25) is 0 Å². The lowest BCUT2D eigenvalue weighted by atomic mass is 9.85. The van der Waals surface area contributed by atoms with Crippen LogP contribution in [0.2, 0.25) is 0 Å². The first-order valence-corrected chi connectivity index (χ1v) is 17.8. The Kier molecular flexibility index (Phi) is 7.72. The molecule has 0 saturated heterocycles. The van der Waals surface area contributed by atoms with Crippen LogP contribution in [0.25, 0.3) is 76.8 Å². The third kappa shape index (κ3) is 5.80. The molecule has 8 aromatic carbocycles. The fraction of sp³-hybridized carbons (Fsp3) is 0.160. The van der Waals surface area contributed by atoms with Gasteiger partial charge in [0.2, 0.25) is 0 Å². The Labute approximate surface area is 297 Å². The highest BCUT2D eigenvalue weighted by Crippen LogP contribution is 2.42. The molecule has 0 heterocycles. The second-order valence-electron chi connectivity index (χ2n) is 15.8. The zero-order valence-electron chi connectivity index (χ0n) is 30.0. The van der Waals surface area contributed by atoms with Crippen LogP contribution in [0.5, 0.6) is 0 Å². The van der Waals surface area contributed by atoms with Crippen LogP contribution in [0.1, 0.15) is 52.7 Å². The maximum atomic E-state index is 2.35. The first kappa shape index (κ1) is 31.8. The summed E-state index contributed by atoms with van der Waals surface area (Å²) in [4.78, 5) is 0. The van der Waals surface area contributed by atoms with Crippen molar-refractivity contribution < 1.29 is 0 Å². The number of rotatable bonds is 4. The van der Waals surface area contributed by atoms with E-state index < -0.39 is 0 Å². The molecule has 8 aromatic rings. The van der Waals surface area contributed by atoms with Crippen LogP contribution in [-0.2, 0) is 10.8 Å². The molecular weight excluding hydrogens is 601 g/mol. The van der Waals surface area contributed by atoms with Gasteiger partial charge in [0.15, 0.2) is 0 Å². The van der Waals surface area contributed by atoms with Crippen molar-refractivity contribution in [2.45, 2.75) is 52.4 Å². The molecule has 0 bridgehead atoms. The Balaban J connectivity index is 1.18. The monoisotopic (exact) mass is 644 g/mol. The lowest BCUT2D eigenvalue weighted by Gasteiger charge is -2.20. The molecule has 8 rings (SSSR count). The Morgan fingerprint density at radius 2 is 0.620 bits per heavy atom. The molecule has 0 unspecified atom stereocenters. The molecule has 0 radical (unpaired) electrons. The molecule has 0 nitrogen and oxygen atoms in total. The third-order valence-corrected chi connectivity index (χ3v) is 10.4. The summed E-state index contributed by atoms with van der Waals surface area (Å²) in [5, 5.41) is 7.60. The molecule has 0 atom stereocenters. The molecule has 0 aromatic heterocycles. The first-order chi connectivity index (χ1) is 24.0.